The van der Waals surface area contributed by atoms with Crippen LogP contribution in [0.1, 0.15) is 125 Å². The van der Waals surface area contributed by atoms with Gasteiger partial charge in [0.2, 0.25) is 0 Å². The largest absolute Gasteiger partial charge is 0.288 e. The van der Waals surface area contributed by atoms with Crippen molar-refractivity contribution in [1.29, 1.82) is 0 Å². The van der Waals surface area contributed by atoms with E-state index in [0.717, 1.165) is 106 Å². The van der Waals surface area contributed by atoms with Crippen LogP contribution in [0, 0.1) is 0 Å². The zero-order valence-corrected chi connectivity index (χ0v) is 51.8. The highest BCUT2D eigenvalue weighted by Gasteiger charge is 2.53. The van der Waals surface area contributed by atoms with Crippen molar-refractivity contribution in [2.75, 3.05) is 0 Å². The molecular weight excluding hydrogens is 1230 g/mol. The molecule has 4 heterocycles. The number of thiophene rings is 4. The van der Waals surface area contributed by atoms with E-state index in [0.29, 0.717) is 44.5 Å². The number of carbonyl (C=O) groups is 8. The van der Waals surface area contributed by atoms with Crippen LogP contribution in [-0.4, -0.2) is 46.3 Å². The van der Waals surface area contributed by atoms with Gasteiger partial charge in [-0.15, -0.1) is 45.3 Å². The molecule has 12 heteroatoms. The molecule has 93 heavy (non-hydrogen) atoms. The minimum absolute atomic E-state index is 0.135. The van der Waals surface area contributed by atoms with Crippen LogP contribution in [-0.2, 0) is 5.41 Å². The van der Waals surface area contributed by atoms with Crippen LogP contribution >= 0.6 is 45.3 Å². The fourth-order valence-electron chi connectivity index (χ4n) is 14.4. The molecule has 0 radical (unpaired) electrons. The third kappa shape index (κ3) is 8.12. The Kier molecular flexibility index (Phi) is 12.0. The van der Waals surface area contributed by atoms with E-state index >= 15 is 0 Å². The van der Waals surface area contributed by atoms with Crippen molar-refractivity contribution in [2.45, 2.75) is 5.41 Å². The number of Topliss-reactive ketones (excluding diaryl/α,β-unsaturated/α-hetero) is 8. The van der Waals surface area contributed by atoms with E-state index in [4.69, 9.17) is 0 Å². The van der Waals surface area contributed by atoms with Crippen LogP contribution in [0.5, 0.6) is 0 Å². The van der Waals surface area contributed by atoms with Crippen molar-refractivity contribution in [3.63, 3.8) is 0 Å². The third-order valence-corrected chi connectivity index (χ3v) is 23.0. The Labute approximate surface area is 546 Å². The number of benzene rings is 8. The van der Waals surface area contributed by atoms with Gasteiger partial charge in [-0.2, -0.15) is 0 Å². The SMILES string of the molecule is O=C1C(=Cc2ccc(-c3ccc4c(c3)C3(c5cc(-c6ccc(C=C7C(=O)c8ccccc8C7=O)s6)ccc5-4)c4cc(-c5ccc(C=C6C(=O)c7ccccc7C6=O)s5)ccc4-c4ccc(-c5ccc(C=C6C(=O)c7ccccc7C6=O)s5)cc43)s2)C(=O)c2ccccc21. The fourth-order valence-corrected chi connectivity index (χ4v) is 18.2. The summed E-state index contributed by atoms with van der Waals surface area (Å²) in [5, 5.41) is 0. The van der Waals surface area contributed by atoms with Crippen LogP contribution < -0.4 is 0 Å². The zero-order valence-electron chi connectivity index (χ0n) is 48.5. The van der Waals surface area contributed by atoms with E-state index in [-0.39, 0.29) is 68.6 Å². The molecule has 0 aliphatic heterocycles. The normalized spacial score (nSPS) is 15.1. The van der Waals surface area contributed by atoms with Crippen molar-refractivity contribution in [3.8, 4) is 64.0 Å². The molecule has 4 aromatic heterocycles. The second-order valence-electron chi connectivity index (χ2n) is 23.6. The first-order valence-corrected chi connectivity index (χ1v) is 33.2. The summed E-state index contributed by atoms with van der Waals surface area (Å²) in [6, 6.07) is 70.1. The highest BCUT2D eigenvalue weighted by atomic mass is 32.1. The highest BCUT2D eigenvalue weighted by molar-refractivity contribution is 7.17. The van der Waals surface area contributed by atoms with Gasteiger partial charge in [-0.1, -0.05) is 146 Å². The van der Waals surface area contributed by atoms with E-state index in [2.05, 4.69) is 72.8 Å². The first-order chi connectivity index (χ1) is 45.4. The first kappa shape index (κ1) is 54.8. The van der Waals surface area contributed by atoms with Crippen LogP contribution in [0.25, 0.3) is 88.3 Å². The Balaban J connectivity index is 0.816. The summed E-state index contributed by atoms with van der Waals surface area (Å²) in [7, 11) is 0. The molecule has 0 saturated carbocycles. The summed E-state index contributed by atoms with van der Waals surface area (Å²) in [6.07, 6.45) is 6.82. The van der Waals surface area contributed by atoms with Crippen molar-refractivity contribution in [2.24, 2.45) is 0 Å². The number of hydrogen-bond acceptors (Lipinski definition) is 12. The molecule has 0 fully saturated rings. The Morgan fingerprint density at radius 2 is 0.409 bits per heavy atom. The number of allylic oxidation sites excluding steroid dienone is 4. The molecule has 0 atom stereocenters. The summed E-state index contributed by atoms with van der Waals surface area (Å²) in [6.45, 7) is 0. The van der Waals surface area contributed by atoms with Gasteiger partial charge in [-0.05, 0) is 164 Å². The number of rotatable bonds is 8. The van der Waals surface area contributed by atoms with Gasteiger partial charge in [0, 0.05) is 83.5 Å². The number of fused-ring (bicyclic) bond motifs is 14. The average Bonchev–Trinajstić information content (AvgIpc) is 1.50. The predicted octanol–water partition coefficient (Wildman–Crippen LogP) is 18.8. The number of ketones is 8. The lowest BCUT2D eigenvalue weighted by Gasteiger charge is -2.31. The quantitative estimate of drug-likeness (QED) is 0.108. The first-order valence-electron chi connectivity index (χ1n) is 30.0. The average molecular weight is 1270 g/mol. The highest BCUT2D eigenvalue weighted by Crippen LogP contribution is 2.65. The van der Waals surface area contributed by atoms with Gasteiger partial charge < -0.3 is 0 Å². The molecular formula is C81H40O8S4. The number of hydrogen-bond donors (Lipinski definition) is 0. The van der Waals surface area contributed by atoms with Gasteiger partial charge >= 0.3 is 0 Å². The van der Waals surface area contributed by atoms with E-state index in [1.165, 1.54) is 45.3 Å². The molecule has 1 spiro atoms. The van der Waals surface area contributed by atoms with Crippen LogP contribution in [0.4, 0.5) is 0 Å². The minimum atomic E-state index is -0.993. The summed E-state index contributed by atoms with van der Waals surface area (Å²) >= 11 is 6.00. The zero-order chi connectivity index (χ0) is 62.7. The van der Waals surface area contributed by atoms with Gasteiger partial charge in [-0.25, -0.2) is 0 Å². The molecule has 0 saturated heterocycles. The summed E-state index contributed by atoms with van der Waals surface area (Å²) in [4.78, 5) is 116. The minimum Gasteiger partial charge on any atom is -0.288 e. The van der Waals surface area contributed by atoms with Crippen LogP contribution in [0.2, 0.25) is 0 Å². The summed E-state index contributed by atoms with van der Waals surface area (Å²) < 4.78 is 0. The van der Waals surface area contributed by atoms with Crippen molar-refractivity contribution in [3.05, 3.63) is 327 Å². The third-order valence-electron chi connectivity index (χ3n) is 18.7. The molecule has 8 aromatic carbocycles. The molecule has 18 rings (SSSR count). The smallest absolute Gasteiger partial charge is 0.197 e. The van der Waals surface area contributed by atoms with Crippen LogP contribution in [0.15, 0.2) is 241 Å². The van der Waals surface area contributed by atoms with E-state index in [1.807, 2.05) is 48.5 Å². The Morgan fingerprint density at radius 1 is 0.215 bits per heavy atom. The molecule has 0 N–H and O–H groups in total. The summed E-state index contributed by atoms with van der Waals surface area (Å²) in [5.74, 6) is -2.32. The second kappa shape index (κ2) is 20.4. The standard InChI is InChI=1S/C81H40O8S4/c82-73-53-9-1-2-10-54(53)74(83)61(73)37-45-21-29-69(90-45)41-17-25-49-50-26-18-42(70-30-22-46(91-70)38-62-75(84)55-11-3-4-12-56(55)76(62)85)34-66(50)81(65(49)33-41)67-35-43(71-31-23-47(92-71)39-63-77(86)57-13-5-6-14-58(57)78(63)87)19-27-51(67)52-28-20-44(36-68(52)81)72-32-24-48(93-72)40-64-79(88)59-15-7-8-16-60(59)80(64)89/h1-40H. The number of carbonyl (C=O) groups excluding carboxylic acids is 8. The Morgan fingerprint density at radius 3 is 0.602 bits per heavy atom. The molecule has 8 nitrogen and oxygen atoms in total. The van der Waals surface area contributed by atoms with E-state index in [9.17, 15) is 38.4 Å². The fraction of sp³-hybridized carbons (Fsp3) is 0.0123. The summed E-state index contributed by atoms with van der Waals surface area (Å²) in [5.41, 5.74) is 14.7. The van der Waals surface area contributed by atoms with Crippen LogP contribution in [0.3, 0.4) is 0 Å². The molecule has 6 aliphatic carbocycles. The lowest BCUT2D eigenvalue weighted by atomic mass is 9.69. The molecule has 436 valence electrons. The van der Waals surface area contributed by atoms with Crippen molar-refractivity contribution in [1.82, 2.24) is 0 Å². The maximum atomic E-state index is 13.6. The Bertz CT molecular complexity index is 4850. The second-order valence-corrected chi connectivity index (χ2v) is 28.1. The van der Waals surface area contributed by atoms with E-state index in [1.54, 1.807) is 121 Å². The van der Waals surface area contributed by atoms with Gasteiger partial charge in [0.25, 0.3) is 0 Å². The van der Waals surface area contributed by atoms with Gasteiger partial charge in [-0.3, -0.25) is 38.4 Å². The molecule has 0 unspecified atom stereocenters. The van der Waals surface area contributed by atoms with E-state index < -0.39 is 5.41 Å². The van der Waals surface area contributed by atoms with Crippen molar-refractivity contribution >= 4 is 116 Å². The molecule has 6 aliphatic rings. The monoisotopic (exact) mass is 1270 g/mol. The molecule has 0 bridgehead atoms. The van der Waals surface area contributed by atoms with Gasteiger partial charge in [0.1, 0.15) is 0 Å². The predicted molar refractivity (Wildman–Crippen MR) is 368 cm³/mol. The maximum absolute atomic E-state index is 13.6. The Hall–Kier alpha value is -11.1. The topological polar surface area (TPSA) is 137 Å². The maximum Gasteiger partial charge on any atom is 0.197 e. The lowest BCUT2D eigenvalue weighted by molar-refractivity contribution is 0.0975. The van der Waals surface area contributed by atoms with Crippen molar-refractivity contribution < 1.29 is 38.4 Å². The molecule has 12 aromatic rings. The van der Waals surface area contributed by atoms with Gasteiger partial charge in [0.05, 0.1) is 27.7 Å². The lowest BCUT2D eigenvalue weighted by Crippen LogP contribution is -2.26. The van der Waals surface area contributed by atoms with Gasteiger partial charge in [0.15, 0.2) is 46.3 Å². The molecule has 0 amide bonds.